The highest BCUT2D eigenvalue weighted by molar-refractivity contribution is 6.30. The monoisotopic (exact) mass is 248 g/mol. The minimum absolute atomic E-state index is 0.567. The standard InChI is InChI=1S/C14H17ClN2/c1-2-13-5-3-4-8-17(13)14-7-6-12(15)9-11(14)10-16/h6-7,9,13H,2-5,8H2,1H3. The Labute approximate surface area is 108 Å². The lowest BCUT2D eigenvalue weighted by molar-refractivity contribution is 0.450. The molecule has 90 valence electrons. The molecule has 1 aliphatic rings. The van der Waals surface area contributed by atoms with Crippen LogP contribution >= 0.6 is 11.6 Å². The molecular weight excluding hydrogens is 232 g/mol. The fourth-order valence-electron chi connectivity index (χ4n) is 2.59. The topological polar surface area (TPSA) is 27.0 Å². The van der Waals surface area contributed by atoms with Crippen LogP contribution < -0.4 is 4.90 Å². The van der Waals surface area contributed by atoms with Gasteiger partial charge in [0.2, 0.25) is 0 Å². The van der Waals surface area contributed by atoms with Crippen molar-refractivity contribution < 1.29 is 0 Å². The first-order valence-electron chi connectivity index (χ1n) is 6.22. The van der Waals surface area contributed by atoms with Crippen molar-refractivity contribution in [2.24, 2.45) is 0 Å². The number of piperidine rings is 1. The van der Waals surface area contributed by atoms with Crippen molar-refractivity contribution >= 4 is 17.3 Å². The Hall–Kier alpha value is -1.20. The molecule has 1 heterocycles. The number of halogens is 1. The molecule has 1 aliphatic heterocycles. The molecule has 0 aromatic heterocycles. The molecule has 3 heteroatoms. The predicted molar refractivity (Wildman–Crippen MR) is 71.4 cm³/mol. The molecule has 1 aromatic rings. The zero-order valence-corrected chi connectivity index (χ0v) is 10.9. The van der Waals surface area contributed by atoms with E-state index in [-0.39, 0.29) is 0 Å². The molecule has 0 spiro atoms. The SMILES string of the molecule is CCC1CCCCN1c1ccc(Cl)cc1C#N. The second-order valence-electron chi connectivity index (χ2n) is 4.52. The van der Waals surface area contributed by atoms with Crippen LogP contribution in [0.2, 0.25) is 5.02 Å². The van der Waals surface area contributed by atoms with E-state index in [1.54, 1.807) is 6.07 Å². The van der Waals surface area contributed by atoms with Crippen LogP contribution in [0.25, 0.3) is 0 Å². The smallest absolute Gasteiger partial charge is 0.101 e. The summed E-state index contributed by atoms with van der Waals surface area (Å²) in [6.45, 7) is 3.26. The summed E-state index contributed by atoms with van der Waals surface area (Å²) in [4.78, 5) is 2.37. The maximum Gasteiger partial charge on any atom is 0.101 e. The molecule has 1 fully saturated rings. The Morgan fingerprint density at radius 3 is 3.00 bits per heavy atom. The summed E-state index contributed by atoms with van der Waals surface area (Å²) in [5.74, 6) is 0. The largest absolute Gasteiger partial charge is 0.367 e. The third-order valence-electron chi connectivity index (χ3n) is 3.49. The number of nitrogens with zero attached hydrogens (tertiary/aromatic N) is 2. The lowest BCUT2D eigenvalue weighted by Crippen LogP contribution is -2.39. The number of hydrogen-bond donors (Lipinski definition) is 0. The van der Waals surface area contributed by atoms with Gasteiger partial charge in [-0.1, -0.05) is 18.5 Å². The first-order valence-corrected chi connectivity index (χ1v) is 6.60. The number of benzene rings is 1. The average molecular weight is 249 g/mol. The van der Waals surface area contributed by atoms with Crippen molar-refractivity contribution in [3.05, 3.63) is 28.8 Å². The van der Waals surface area contributed by atoms with Gasteiger partial charge in [0.1, 0.15) is 6.07 Å². The summed E-state index contributed by atoms with van der Waals surface area (Å²) in [7, 11) is 0. The van der Waals surface area contributed by atoms with Gasteiger partial charge < -0.3 is 4.90 Å². The van der Waals surface area contributed by atoms with Crippen LogP contribution in [0.4, 0.5) is 5.69 Å². The van der Waals surface area contributed by atoms with Crippen LogP contribution in [-0.4, -0.2) is 12.6 Å². The maximum absolute atomic E-state index is 9.20. The highest BCUT2D eigenvalue weighted by Gasteiger charge is 2.22. The lowest BCUT2D eigenvalue weighted by Gasteiger charge is -2.37. The van der Waals surface area contributed by atoms with Gasteiger partial charge in [0, 0.05) is 17.6 Å². The van der Waals surface area contributed by atoms with E-state index >= 15 is 0 Å². The van der Waals surface area contributed by atoms with E-state index in [9.17, 15) is 5.26 Å². The van der Waals surface area contributed by atoms with Gasteiger partial charge in [-0.2, -0.15) is 5.26 Å². The quantitative estimate of drug-likeness (QED) is 0.792. The maximum atomic E-state index is 9.20. The van der Waals surface area contributed by atoms with Crippen molar-refractivity contribution in [1.82, 2.24) is 0 Å². The Balaban J connectivity index is 2.35. The van der Waals surface area contributed by atoms with Gasteiger partial charge in [-0.25, -0.2) is 0 Å². The fourth-order valence-corrected chi connectivity index (χ4v) is 2.76. The summed E-state index contributed by atoms with van der Waals surface area (Å²) in [6, 6.07) is 8.44. The van der Waals surface area contributed by atoms with E-state index in [0.29, 0.717) is 16.6 Å². The van der Waals surface area contributed by atoms with Crippen LogP contribution in [0.1, 0.15) is 38.2 Å². The molecule has 0 N–H and O–H groups in total. The Kier molecular flexibility index (Phi) is 3.91. The van der Waals surface area contributed by atoms with Crippen LogP contribution in [-0.2, 0) is 0 Å². The van der Waals surface area contributed by atoms with Gasteiger partial charge in [-0.15, -0.1) is 0 Å². The summed E-state index contributed by atoms with van der Waals surface area (Å²) in [6.07, 6.45) is 4.87. The molecule has 0 saturated carbocycles. The zero-order chi connectivity index (χ0) is 12.3. The molecule has 0 aliphatic carbocycles. The fraction of sp³-hybridized carbons (Fsp3) is 0.500. The van der Waals surface area contributed by atoms with E-state index < -0.39 is 0 Å². The summed E-state index contributed by atoms with van der Waals surface area (Å²) in [5, 5.41) is 9.83. The normalized spacial score (nSPS) is 20.1. The van der Waals surface area contributed by atoms with Crippen molar-refractivity contribution in [1.29, 1.82) is 5.26 Å². The molecule has 0 bridgehead atoms. The van der Waals surface area contributed by atoms with Gasteiger partial charge in [-0.05, 0) is 43.9 Å². The Bertz CT molecular complexity index is 436. The lowest BCUT2D eigenvalue weighted by atomic mass is 9.98. The second-order valence-corrected chi connectivity index (χ2v) is 4.96. The molecule has 0 amide bonds. The molecule has 17 heavy (non-hydrogen) atoms. The Morgan fingerprint density at radius 2 is 2.29 bits per heavy atom. The van der Waals surface area contributed by atoms with E-state index in [1.165, 1.54) is 19.3 Å². The van der Waals surface area contributed by atoms with Crippen molar-refractivity contribution in [3.63, 3.8) is 0 Å². The van der Waals surface area contributed by atoms with Gasteiger partial charge in [0.15, 0.2) is 0 Å². The second kappa shape index (κ2) is 5.42. The van der Waals surface area contributed by atoms with Crippen molar-refractivity contribution in [2.75, 3.05) is 11.4 Å². The van der Waals surface area contributed by atoms with Crippen LogP contribution in [0.3, 0.4) is 0 Å². The summed E-state index contributed by atoms with van der Waals surface area (Å²) >= 11 is 5.94. The van der Waals surface area contributed by atoms with Gasteiger partial charge in [0.05, 0.1) is 11.3 Å². The van der Waals surface area contributed by atoms with E-state index in [1.807, 2.05) is 12.1 Å². The Morgan fingerprint density at radius 1 is 1.47 bits per heavy atom. The van der Waals surface area contributed by atoms with E-state index in [2.05, 4.69) is 17.9 Å². The van der Waals surface area contributed by atoms with E-state index in [0.717, 1.165) is 18.7 Å². The average Bonchev–Trinajstić information content (AvgIpc) is 2.38. The number of anilines is 1. The minimum atomic E-state index is 0.567. The molecule has 1 unspecified atom stereocenters. The van der Waals surface area contributed by atoms with Crippen LogP contribution in [0.15, 0.2) is 18.2 Å². The highest BCUT2D eigenvalue weighted by Crippen LogP contribution is 2.30. The summed E-state index contributed by atoms with van der Waals surface area (Å²) in [5.41, 5.74) is 1.74. The third-order valence-corrected chi connectivity index (χ3v) is 3.72. The van der Waals surface area contributed by atoms with Gasteiger partial charge in [-0.3, -0.25) is 0 Å². The number of rotatable bonds is 2. The minimum Gasteiger partial charge on any atom is -0.367 e. The van der Waals surface area contributed by atoms with Crippen molar-refractivity contribution in [3.8, 4) is 6.07 Å². The van der Waals surface area contributed by atoms with Crippen LogP contribution in [0.5, 0.6) is 0 Å². The highest BCUT2D eigenvalue weighted by atomic mass is 35.5. The first kappa shape index (κ1) is 12.3. The summed E-state index contributed by atoms with van der Waals surface area (Å²) < 4.78 is 0. The van der Waals surface area contributed by atoms with Crippen molar-refractivity contribution in [2.45, 2.75) is 38.6 Å². The molecular formula is C14H17ClN2. The number of nitriles is 1. The van der Waals surface area contributed by atoms with E-state index in [4.69, 9.17) is 11.6 Å². The zero-order valence-electron chi connectivity index (χ0n) is 10.1. The number of hydrogen-bond acceptors (Lipinski definition) is 2. The van der Waals surface area contributed by atoms with Crippen LogP contribution in [0, 0.1) is 11.3 Å². The third kappa shape index (κ3) is 2.56. The molecule has 1 saturated heterocycles. The molecule has 1 atom stereocenters. The first-order chi connectivity index (χ1) is 8.26. The molecule has 1 aromatic carbocycles. The van der Waals surface area contributed by atoms with Gasteiger partial charge in [0.25, 0.3) is 0 Å². The molecule has 2 rings (SSSR count). The predicted octanol–water partition coefficient (Wildman–Crippen LogP) is 3.98. The van der Waals surface area contributed by atoms with Gasteiger partial charge >= 0.3 is 0 Å². The molecule has 2 nitrogen and oxygen atoms in total. The molecule has 0 radical (unpaired) electrons.